The maximum absolute atomic E-state index is 12.2. The number of H-pyrrole nitrogens is 1. The van der Waals surface area contributed by atoms with Gasteiger partial charge >= 0.3 is 5.69 Å². The minimum atomic E-state index is -1.55. The predicted molar refractivity (Wildman–Crippen MR) is 82.1 cm³/mol. The van der Waals surface area contributed by atoms with Crippen LogP contribution in [0.1, 0.15) is 24.8 Å². The second-order valence-corrected chi connectivity index (χ2v) is 5.74. The fraction of sp³-hybridized carbons (Fsp3) is 0.600. The first-order valence-corrected chi connectivity index (χ1v) is 7.46. The highest BCUT2D eigenvalue weighted by molar-refractivity contribution is 5.07. The van der Waals surface area contributed by atoms with Gasteiger partial charge in [-0.15, -0.1) is 6.58 Å². The molecular formula is C15H22N2O6. The average Bonchev–Trinajstić information content (AvgIpc) is 2.76. The zero-order valence-electron chi connectivity index (χ0n) is 12.9. The third-order valence-corrected chi connectivity index (χ3v) is 4.17. The molecule has 2 heterocycles. The lowest BCUT2D eigenvalue weighted by atomic mass is 9.96. The van der Waals surface area contributed by atoms with Crippen molar-refractivity contribution in [2.75, 3.05) is 6.61 Å². The van der Waals surface area contributed by atoms with Gasteiger partial charge in [-0.05, 0) is 26.2 Å². The highest BCUT2D eigenvalue weighted by Gasteiger charge is 2.55. The molecule has 1 aromatic heterocycles. The molecule has 0 amide bonds. The lowest BCUT2D eigenvalue weighted by Gasteiger charge is -2.34. The summed E-state index contributed by atoms with van der Waals surface area (Å²) >= 11 is 0. The van der Waals surface area contributed by atoms with Crippen molar-refractivity contribution in [1.82, 2.24) is 9.55 Å². The highest BCUT2D eigenvalue weighted by Crippen LogP contribution is 2.38. The molecule has 8 heteroatoms. The normalized spacial score (nSPS) is 30.5. The number of ether oxygens (including phenoxy) is 1. The molecule has 1 aliphatic rings. The van der Waals surface area contributed by atoms with Crippen molar-refractivity contribution in [1.29, 1.82) is 0 Å². The Labute approximate surface area is 132 Å². The van der Waals surface area contributed by atoms with Crippen molar-refractivity contribution >= 4 is 0 Å². The quantitative estimate of drug-likeness (QED) is 0.391. The molecule has 4 atom stereocenters. The first-order chi connectivity index (χ1) is 10.9. The molecular weight excluding hydrogens is 304 g/mol. The molecule has 1 fully saturated rings. The number of aromatic nitrogens is 2. The highest BCUT2D eigenvalue weighted by atomic mass is 16.6. The van der Waals surface area contributed by atoms with E-state index in [1.807, 2.05) is 0 Å². The number of hydrogen-bond acceptors (Lipinski definition) is 6. The van der Waals surface area contributed by atoms with Crippen LogP contribution in [-0.2, 0) is 10.5 Å². The third kappa shape index (κ3) is 3.02. The van der Waals surface area contributed by atoms with Crippen molar-refractivity contribution < 1.29 is 20.1 Å². The Kier molecular flexibility index (Phi) is 5.20. The van der Waals surface area contributed by atoms with E-state index in [9.17, 15) is 24.9 Å². The van der Waals surface area contributed by atoms with Gasteiger partial charge in [0.15, 0.2) is 5.72 Å². The predicted octanol–water partition coefficient (Wildman–Crippen LogP) is -1.03. The fourth-order valence-corrected chi connectivity index (χ4v) is 2.89. The van der Waals surface area contributed by atoms with E-state index in [0.717, 1.165) is 4.57 Å². The van der Waals surface area contributed by atoms with Crippen LogP contribution in [0.3, 0.4) is 0 Å². The van der Waals surface area contributed by atoms with Crippen LogP contribution < -0.4 is 11.2 Å². The number of aliphatic hydroxyl groups excluding tert-OH is 3. The van der Waals surface area contributed by atoms with Gasteiger partial charge in [-0.3, -0.25) is 14.3 Å². The molecule has 0 aromatic carbocycles. The molecule has 0 radical (unpaired) electrons. The van der Waals surface area contributed by atoms with E-state index in [4.69, 9.17) is 4.74 Å². The molecule has 1 aromatic rings. The van der Waals surface area contributed by atoms with Gasteiger partial charge in [0.25, 0.3) is 5.56 Å². The summed E-state index contributed by atoms with van der Waals surface area (Å²) in [6.45, 7) is 4.64. The standard InChI is InChI=1S/C15H22N2O6/c1-3-4-5-6-15(12(20)11(19)10(8-18)23-15)17-7-9(2)13(21)16-14(17)22/h3,7,10-12,18-20H,1,4-6,8H2,2H3,(H,16,21,22)/t10-,11-,12-,15-/m1/s1. The van der Waals surface area contributed by atoms with Crippen LogP contribution >= 0.6 is 0 Å². The van der Waals surface area contributed by atoms with Crippen LogP contribution in [0.15, 0.2) is 28.4 Å². The van der Waals surface area contributed by atoms with Crippen molar-refractivity contribution in [3.63, 3.8) is 0 Å². The summed E-state index contributed by atoms with van der Waals surface area (Å²) < 4.78 is 6.78. The van der Waals surface area contributed by atoms with Crippen LogP contribution in [0.25, 0.3) is 0 Å². The number of nitrogens with zero attached hydrogens (tertiary/aromatic N) is 1. The number of rotatable bonds is 6. The Morgan fingerprint density at radius 2 is 2.17 bits per heavy atom. The monoisotopic (exact) mass is 326 g/mol. The molecule has 0 saturated carbocycles. The van der Waals surface area contributed by atoms with E-state index in [2.05, 4.69) is 11.6 Å². The van der Waals surface area contributed by atoms with Crippen LogP contribution in [0.4, 0.5) is 0 Å². The Morgan fingerprint density at radius 1 is 1.48 bits per heavy atom. The van der Waals surface area contributed by atoms with Gasteiger partial charge in [-0.25, -0.2) is 4.79 Å². The summed E-state index contributed by atoms with van der Waals surface area (Å²) in [5, 5.41) is 29.9. The molecule has 0 spiro atoms. The number of aliphatic hydroxyl groups is 3. The summed E-state index contributed by atoms with van der Waals surface area (Å²) in [5.41, 5.74) is -2.56. The van der Waals surface area contributed by atoms with E-state index >= 15 is 0 Å². The van der Waals surface area contributed by atoms with E-state index in [1.54, 1.807) is 6.08 Å². The second-order valence-electron chi connectivity index (χ2n) is 5.74. The fourth-order valence-electron chi connectivity index (χ4n) is 2.89. The second kappa shape index (κ2) is 6.79. The summed E-state index contributed by atoms with van der Waals surface area (Å²) in [7, 11) is 0. The Balaban J connectivity index is 2.55. The maximum Gasteiger partial charge on any atom is 0.330 e. The summed E-state index contributed by atoms with van der Waals surface area (Å²) in [4.78, 5) is 25.9. The third-order valence-electron chi connectivity index (χ3n) is 4.17. The molecule has 128 valence electrons. The van der Waals surface area contributed by atoms with Gasteiger partial charge in [0, 0.05) is 11.8 Å². The number of allylic oxidation sites excluding steroid dienone is 1. The largest absolute Gasteiger partial charge is 0.394 e. The van der Waals surface area contributed by atoms with Gasteiger partial charge in [-0.2, -0.15) is 0 Å². The number of aromatic amines is 1. The van der Waals surface area contributed by atoms with Gasteiger partial charge in [-0.1, -0.05) is 6.08 Å². The van der Waals surface area contributed by atoms with E-state index in [-0.39, 0.29) is 12.0 Å². The number of hydrogen-bond donors (Lipinski definition) is 4. The molecule has 0 aliphatic carbocycles. The summed E-state index contributed by atoms with van der Waals surface area (Å²) in [6, 6.07) is 0. The van der Waals surface area contributed by atoms with Crippen LogP contribution in [-0.4, -0.2) is 49.8 Å². The first kappa shape index (κ1) is 17.6. The summed E-state index contributed by atoms with van der Waals surface area (Å²) in [6.07, 6.45) is 0.563. The SMILES string of the molecule is C=CCCC[C@@]1(n2cc(C)c(=O)[nH]c2=O)O[C@H](CO)[C@@H](O)[C@H]1O. The molecule has 0 unspecified atom stereocenters. The zero-order valence-corrected chi connectivity index (χ0v) is 12.9. The molecule has 0 bridgehead atoms. The Morgan fingerprint density at radius 3 is 2.74 bits per heavy atom. The zero-order chi connectivity index (χ0) is 17.2. The Hall–Kier alpha value is -1.74. The van der Waals surface area contributed by atoms with Crippen molar-refractivity contribution in [2.24, 2.45) is 0 Å². The lowest BCUT2D eigenvalue weighted by molar-refractivity contribution is -0.156. The van der Waals surface area contributed by atoms with Crippen LogP contribution in [0, 0.1) is 6.92 Å². The topological polar surface area (TPSA) is 125 Å². The van der Waals surface area contributed by atoms with E-state index in [1.165, 1.54) is 13.1 Å². The number of unbranched alkanes of at least 4 members (excludes halogenated alkanes) is 1. The van der Waals surface area contributed by atoms with Crippen LogP contribution in [0.2, 0.25) is 0 Å². The molecule has 4 N–H and O–H groups in total. The minimum Gasteiger partial charge on any atom is -0.394 e. The first-order valence-electron chi connectivity index (χ1n) is 7.46. The number of aryl methyl sites for hydroxylation is 1. The van der Waals surface area contributed by atoms with Gasteiger partial charge < -0.3 is 20.1 Å². The van der Waals surface area contributed by atoms with E-state index in [0.29, 0.717) is 12.8 Å². The summed E-state index contributed by atoms with van der Waals surface area (Å²) in [5.74, 6) is 0. The van der Waals surface area contributed by atoms with Crippen LogP contribution in [0.5, 0.6) is 0 Å². The van der Waals surface area contributed by atoms with E-state index < -0.39 is 41.9 Å². The van der Waals surface area contributed by atoms with Gasteiger partial charge in [0.2, 0.25) is 0 Å². The maximum atomic E-state index is 12.2. The van der Waals surface area contributed by atoms with Gasteiger partial charge in [0.05, 0.1) is 6.61 Å². The molecule has 1 saturated heterocycles. The minimum absolute atomic E-state index is 0.207. The smallest absolute Gasteiger partial charge is 0.330 e. The van der Waals surface area contributed by atoms with Crippen molar-refractivity contribution in [3.05, 3.63) is 45.3 Å². The average molecular weight is 326 g/mol. The van der Waals surface area contributed by atoms with Crippen molar-refractivity contribution in [2.45, 2.75) is 50.2 Å². The number of nitrogens with one attached hydrogen (secondary N) is 1. The Bertz CT molecular complexity index is 681. The molecule has 23 heavy (non-hydrogen) atoms. The van der Waals surface area contributed by atoms with Gasteiger partial charge in [0.1, 0.15) is 18.3 Å². The molecule has 2 rings (SSSR count). The molecule has 8 nitrogen and oxygen atoms in total. The van der Waals surface area contributed by atoms with Crippen molar-refractivity contribution in [3.8, 4) is 0 Å². The lowest BCUT2D eigenvalue weighted by Crippen LogP contribution is -2.51. The molecule has 1 aliphatic heterocycles.